The highest BCUT2D eigenvalue weighted by Gasteiger charge is 2.42. The molecule has 178 valence electrons. The Morgan fingerprint density at radius 3 is 2.26 bits per heavy atom. The molecule has 2 unspecified atom stereocenters. The zero-order chi connectivity index (χ0) is 24.2. The topological polar surface area (TPSA) is 122 Å². The lowest BCUT2D eigenvalue weighted by molar-refractivity contribution is -0.156. The monoisotopic (exact) mass is 484 g/mol. The summed E-state index contributed by atoms with van der Waals surface area (Å²) in [6, 6.07) is 12.9. The van der Waals surface area contributed by atoms with Crippen molar-refractivity contribution in [3.8, 4) is 11.1 Å². The molecule has 10 heteroatoms. The third kappa shape index (κ3) is 4.58. The summed E-state index contributed by atoms with van der Waals surface area (Å²) < 4.78 is 10.4. The Labute approximate surface area is 200 Å². The summed E-state index contributed by atoms with van der Waals surface area (Å²) in [5.41, 5.74) is 4.18. The van der Waals surface area contributed by atoms with E-state index in [-0.39, 0.29) is 30.8 Å². The lowest BCUT2D eigenvalue weighted by atomic mass is 9.98. The summed E-state index contributed by atoms with van der Waals surface area (Å²) in [7, 11) is 0. The first-order valence-corrected chi connectivity index (χ1v) is 12.0. The second-order valence-corrected chi connectivity index (χ2v) is 8.82. The van der Waals surface area contributed by atoms with Crippen LogP contribution < -0.4 is 5.32 Å². The van der Waals surface area contributed by atoms with Gasteiger partial charge in [-0.25, -0.2) is 14.4 Å². The van der Waals surface area contributed by atoms with Gasteiger partial charge >= 0.3 is 18.0 Å². The van der Waals surface area contributed by atoms with Crippen LogP contribution in [-0.2, 0) is 23.9 Å². The van der Waals surface area contributed by atoms with Gasteiger partial charge in [0.15, 0.2) is 0 Å². The molecule has 0 bridgehead atoms. The molecule has 2 atom stereocenters. The van der Waals surface area contributed by atoms with Crippen LogP contribution in [0.1, 0.15) is 24.0 Å². The van der Waals surface area contributed by atoms with Crippen molar-refractivity contribution >= 4 is 35.7 Å². The number of fused-ring (bicyclic) bond motifs is 3. The number of nitrogens with zero attached hydrogens (tertiary/aromatic N) is 1. The van der Waals surface area contributed by atoms with Crippen molar-refractivity contribution in [1.82, 2.24) is 10.2 Å². The number of esters is 1. The third-order valence-electron chi connectivity index (χ3n) is 5.83. The van der Waals surface area contributed by atoms with E-state index in [0.29, 0.717) is 0 Å². The normalized spacial score (nSPS) is 17.4. The van der Waals surface area contributed by atoms with E-state index in [1.807, 2.05) is 48.5 Å². The lowest BCUT2D eigenvalue weighted by Gasteiger charge is -2.25. The number of amides is 2. The van der Waals surface area contributed by atoms with Crippen molar-refractivity contribution in [3.63, 3.8) is 0 Å². The molecule has 2 N–H and O–H groups in total. The van der Waals surface area contributed by atoms with E-state index in [0.717, 1.165) is 27.2 Å². The molecule has 1 saturated heterocycles. The van der Waals surface area contributed by atoms with Gasteiger partial charge in [0.2, 0.25) is 6.04 Å². The van der Waals surface area contributed by atoms with Gasteiger partial charge in [-0.1, -0.05) is 48.5 Å². The van der Waals surface area contributed by atoms with Gasteiger partial charge in [0.25, 0.3) is 5.91 Å². The number of benzene rings is 2. The molecule has 2 aliphatic rings. The second kappa shape index (κ2) is 10.2. The van der Waals surface area contributed by atoms with Gasteiger partial charge < -0.3 is 19.5 Å². The van der Waals surface area contributed by atoms with E-state index in [9.17, 15) is 24.3 Å². The minimum absolute atomic E-state index is 0.000906. The molecule has 1 aliphatic heterocycles. The first kappa shape index (κ1) is 23.6. The number of thioether (sulfide) groups is 1. The zero-order valence-corrected chi connectivity index (χ0v) is 19.2. The highest BCUT2D eigenvalue weighted by Crippen LogP contribution is 2.44. The van der Waals surface area contributed by atoms with E-state index in [1.165, 1.54) is 11.8 Å². The highest BCUT2D eigenvalue weighted by molar-refractivity contribution is 7.99. The van der Waals surface area contributed by atoms with Gasteiger partial charge in [0, 0.05) is 11.7 Å². The lowest BCUT2D eigenvalue weighted by Crippen LogP contribution is -2.56. The van der Waals surface area contributed by atoms with Gasteiger partial charge in [-0.2, -0.15) is 0 Å². The molecule has 34 heavy (non-hydrogen) atoms. The number of carbonyl (C=O) groups is 4. The Morgan fingerprint density at radius 1 is 1.06 bits per heavy atom. The predicted molar refractivity (Wildman–Crippen MR) is 124 cm³/mol. The molecule has 0 spiro atoms. The molecular weight excluding hydrogens is 460 g/mol. The minimum Gasteiger partial charge on any atom is -0.480 e. The molecule has 4 rings (SSSR count). The number of aliphatic carboxylic acids is 1. The molecule has 2 amide bonds. The number of carboxylic acid groups (broad SMARTS) is 1. The number of carboxylic acids is 1. The number of alkyl carbamates (subject to hydrolysis) is 1. The van der Waals surface area contributed by atoms with Crippen molar-refractivity contribution < 1.29 is 33.8 Å². The van der Waals surface area contributed by atoms with E-state index in [1.54, 1.807) is 6.92 Å². The Bertz CT molecular complexity index is 1080. The predicted octanol–water partition coefficient (Wildman–Crippen LogP) is 2.44. The van der Waals surface area contributed by atoms with Crippen LogP contribution in [0.15, 0.2) is 48.5 Å². The molecule has 0 radical (unpaired) electrons. The van der Waals surface area contributed by atoms with Crippen LogP contribution in [0.3, 0.4) is 0 Å². The maximum absolute atomic E-state index is 13.0. The maximum Gasteiger partial charge on any atom is 0.408 e. The fourth-order valence-corrected chi connectivity index (χ4v) is 5.39. The average Bonchev–Trinajstić information content (AvgIpc) is 3.44. The van der Waals surface area contributed by atoms with Crippen LogP contribution in [0, 0.1) is 0 Å². The van der Waals surface area contributed by atoms with Crippen LogP contribution in [0.2, 0.25) is 0 Å². The van der Waals surface area contributed by atoms with Gasteiger partial charge in [-0.05, 0) is 29.2 Å². The van der Waals surface area contributed by atoms with E-state index in [4.69, 9.17) is 9.47 Å². The van der Waals surface area contributed by atoms with Gasteiger partial charge in [0.1, 0.15) is 12.6 Å². The Kier molecular flexibility index (Phi) is 7.06. The molecule has 1 aliphatic carbocycles. The number of carbonyl (C=O) groups excluding carboxylic acids is 3. The Balaban J connectivity index is 1.47. The van der Waals surface area contributed by atoms with Crippen molar-refractivity contribution in [3.05, 3.63) is 59.7 Å². The highest BCUT2D eigenvalue weighted by atomic mass is 32.2. The number of hydrogen-bond acceptors (Lipinski definition) is 7. The zero-order valence-electron chi connectivity index (χ0n) is 18.4. The fraction of sp³-hybridized carbons (Fsp3) is 0.333. The van der Waals surface area contributed by atoms with Crippen LogP contribution in [0.25, 0.3) is 11.1 Å². The maximum atomic E-state index is 13.0. The molecule has 0 aromatic heterocycles. The smallest absolute Gasteiger partial charge is 0.408 e. The van der Waals surface area contributed by atoms with E-state index < -0.39 is 36.0 Å². The van der Waals surface area contributed by atoms with Crippen molar-refractivity contribution in [1.29, 1.82) is 0 Å². The van der Waals surface area contributed by atoms with Gasteiger partial charge in [-0.15, -0.1) is 11.8 Å². The molecule has 1 fully saturated rings. The van der Waals surface area contributed by atoms with Crippen molar-refractivity contribution in [2.75, 3.05) is 24.8 Å². The molecule has 0 saturated carbocycles. The molecule has 1 heterocycles. The van der Waals surface area contributed by atoms with E-state index >= 15 is 0 Å². The molecular formula is C24H24N2O7S. The Hall–Kier alpha value is -3.53. The number of ether oxygens (including phenoxy) is 2. The molecule has 9 nitrogen and oxygen atoms in total. The Morgan fingerprint density at radius 2 is 1.68 bits per heavy atom. The molecule has 2 aromatic carbocycles. The molecule has 2 aromatic rings. The van der Waals surface area contributed by atoms with Crippen LogP contribution in [0.5, 0.6) is 0 Å². The summed E-state index contributed by atoms with van der Waals surface area (Å²) >= 11 is 1.25. The van der Waals surface area contributed by atoms with Crippen molar-refractivity contribution in [2.45, 2.75) is 24.9 Å². The number of rotatable bonds is 7. The standard InChI is InChI=1S/C24H24N2O7S/c1-2-32-23(30)20(21(27)26-13-34-12-19(26)22(28)29)25-24(31)33-11-18-16-9-5-3-7-14(16)15-8-4-6-10-17(15)18/h3-10,18-20H,2,11-13H2,1H3,(H,25,31)(H,28,29). The second-order valence-electron chi connectivity index (χ2n) is 7.82. The quantitative estimate of drug-likeness (QED) is 0.454. The number of nitrogens with one attached hydrogen (secondary N) is 1. The first-order chi connectivity index (χ1) is 16.4. The summed E-state index contributed by atoms with van der Waals surface area (Å²) in [5.74, 6) is -2.89. The SMILES string of the molecule is CCOC(=O)C(NC(=O)OCC1c2ccccc2-c2ccccc21)C(=O)N1CSCC1C(=O)O. The third-order valence-corrected chi connectivity index (χ3v) is 6.84. The largest absolute Gasteiger partial charge is 0.480 e. The number of hydrogen-bond donors (Lipinski definition) is 2. The fourth-order valence-electron chi connectivity index (χ4n) is 4.24. The summed E-state index contributed by atoms with van der Waals surface area (Å²) in [6.45, 7) is 1.56. The first-order valence-electron chi connectivity index (χ1n) is 10.8. The van der Waals surface area contributed by atoms with Gasteiger partial charge in [0.05, 0.1) is 12.5 Å². The van der Waals surface area contributed by atoms with Crippen LogP contribution in [-0.4, -0.2) is 70.9 Å². The average molecular weight is 485 g/mol. The van der Waals surface area contributed by atoms with Gasteiger partial charge in [-0.3, -0.25) is 10.1 Å². The van der Waals surface area contributed by atoms with Crippen molar-refractivity contribution in [2.24, 2.45) is 0 Å². The van der Waals surface area contributed by atoms with Crippen LogP contribution >= 0.6 is 11.8 Å². The minimum atomic E-state index is -1.70. The van der Waals surface area contributed by atoms with E-state index in [2.05, 4.69) is 5.32 Å². The summed E-state index contributed by atoms with van der Waals surface area (Å²) in [4.78, 5) is 50.6. The summed E-state index contributed by atoms with van der Waals surface area (Å²) in [5, 5.41) is 11.6. The summed E-state index contributed by atoms with van der Waals surface area (Å²) in [6.07, 6.45) is -0.966. The van der Waals surface area contributed by atoms with Crippen LogP contribution in [0.4, 0.5) is 4.79 Å².